The molecule has 7 nitrogen and oxygen atoms in total. The lowest BCUT2D eigenvalue weighted by molar-refractivity contribution is 0.1000. The fourth-order valence-electron chi connectivity index (χ4n) is 1.51. The highest BCUT2D eigenvalue weighted by atomic mass is 16.1. The molecule has 0 unspecified atom stereocenters. The van der Waals surface area contributed by atoms with E-state index in [0.717, 1.165) is 13.0 Å². The molecule has 0 aliphatic rings. The van der Waals surface area contributed by atoms with Crippen molar-refractivity contribution in [1.29, 1.82) is 0 Å². The molecule has 2 rings (SSSR count). The Kier molecular flexibility index (Phi) is 3.08. The lowest BCUT2D eigenvalue weighted by Crippen LogP contribution is -2.10. The summed E-state index contributed by atoms with van der Waals surface area (Å²) in [5.41, 5.74) is 11.1. The largest absolute Gasteiger partial charge is 0.382 e. The van der Waals surface area contributed by atoms with Crippen LogP contribution in [0.3, 0.4) is 0 Å². The first-order valence-electron chi connectivity index (χ1n) is 5.26. The van der Waals surface area contributed by atoms with Crippen molar-refractivity contribution >= 4 is 11.7 Å². The minimum atomic E-state index is -0.462. The van der Waals surface area contributed by atoms with Crippen LogP contribution in [-0.4, -0.2) is 25.5 Å². The van der Waals surface area contributed by atoms with Gasteiger partial charge in [0.1, 0.15) is 5.82 Å². The molecule has 0 atom stereocenters. The first-order chi connectivity index (χ1) is 8.15. The number of nitrogens with zero attached hydrogens (tertiary/aromatic N) is 4. The van der Waals surface area contributed by atoms with Crippen molar-refractivity contribution in [3.63, 3.8) is 0 Å². The van der Waals surface area contributed by atoms with E-state index in [1.165, 1.54) is 6.20 Å². The fourth-order valence-corrected chi connectivity index (χ4v) is 1.51. The van der Waals surface area contributed by atoms with Gasteiger partial charge in [-0.1, -0.05) is 0 Å². The molecule has 1 amide bonds. The van der Waals surface area contributed by atoms with Gasteiger partial charge in [0.2, 0.25) is 0 Å². The van der Waals surface area contributed by atoms with Crippen LogP contribution in [0, 0.1) is 0 Å². The molecule has 0 saturated heterocycles. The summed E-state index contributed by atoms with van der Waals surface area (Å²) in [7, 11) is 0. The molecule has 7 heteroatoms. The number of hydrogen-bond donors (Lipinski definition) is 2. The Hall–Kier alpha value is -2.31. The quantitative estimate of drug-likeness (QED) is 0.750. The van der Waals surface area contributed by atoms with Gasteiger partial charge < -0.3 is 11.5 Å². The number of nitrogens with two attached hydrogens (primary N) is 2. The maximum Gasteiger partial charge on any atom is 0.251 e. The van der Waals surface area contributed by atoms with Gasteiger partial charge >= 0.3 is 0 Å². The van der Waals surface area contributed by atoms with Crippen LogP contribution in [0.25, 0.3) is 0 Å². The molecule has 0 bridgehead atoms. The molecular formula is C10H14N6O. The Morgan fingerprint density at radius 3 is 2.71 bits per heavy atom. The Bertz CT molecular complexity index is 514. The van der Waals surface area contributed by atoms with Crippen molar-refractivity contribution in [2.24, 2.45) is 5.73 Å². The van der Waals surface area contributed by atoms with E-state index in [0.29, 0.717) is 17.9 Å². The van der Waals surface area contributed by atoms with Crippen LogP contribution < -0.4 is 11.5 Å². The molecule has 4 N–H and O–H groups in total. The summed E-state index contributed by atoms with van der Waals surface area (Å²) in [5, 5.41) is 8.10. The third-order valence-corrected chi connectivity index (χ3v) is 2.35. The van der Waals surface area contributed by atoms with E-state index in [4.69, 9.17) is 11.5 Å². The summed E-state index contributed by atoms with van der Waals surface area (Å²) in [5.74, 6) is 0.0520. The molecule has 0 aliphatic heterocycles. The lowest BCUT2D eigenvalue weighted by Gasteiger charge is -2.01. The van der Waals surface area contributed by atoms with E-state index in [9.17, 15) is 4.79 Å². The van der Waals surface area contributed by atoms with Crippen molar-refractivity contribution < 1.29 is 4.79 Å². The summed E-state index contributed by atoms with van der Waals surface area (Å²) in [6.45, 7) is 1.45. The third-order valence-electron chi connectivity index (χ3n) is 2.35. The van der Waals surface area contributed by atoms with Crippen LogP contribution >= 0.6 is 0 Å². The van der Waals surface area contributed by atoms with Crippen molar-refractivity contribution in [2.75, 3.05) is 5.73 Å². The highest BCUT2D eigenvalue weighted by molar-refractivity contribution is 5.92. The normalized spacial score (nSPS) is 10.6. The van der Waals surface area contributed by atoms with Crippen molar-refractivity contribution in [3.05, 3.63) is 30.2 Å². The summed E-state index contributed by atoms with van der Waals surface area (Å²) < 4.78 is 3.46. The van der Waals surface area contributed by atoms with Crippen molar-refractivity contribution in [3.8, 4) is 0 Å². The van der Waals surface area contributed by atoms with Crippen molar-refractivity contribution in [1.82, 2.24) is 19.6 Å². The van der Waals surface area contributed by atoms with Crippen LogP contribution in [0.1, 0.15) is 16.8 Å². The number of rotatable bonds is 5. The van der Waals surface area contributed by atoms with Crippen LogP contribution in [0.15, 0.2) is 24.7 Å². The van der Waals surface area contributed by atoms with Gasteiger partial charge in [-0.15, -0.1) is 0 Å². The number of primary amides is 1. The highest BCUT2D eigenvalue weighted by Crippen LogP contribution is 2.00. The minimum absolute atomic E-state index is 0.424. The molecule has 0 saturated carbocycles. The van der Waals surface area contributed by atoms with Gasteiger partial charge in [-0.3, -0.25) is 14.2 Å². The summed E-state index contributed by atoms with van der Waals surface area (Å²) >= 11 is 0. The Morgan fingerprint density at radius 1 is 1.35 bits per heavy atom. The summed E-state index contributed by atoms with van der Waals surface area (Å²) in [6, 6.07) is 1.75. The molecule has 0 spiro atoms. The topological polar surface area (TPSA) is 105 Å². The van der Waals surface area contributed by atoms with Crippen LogP contribution in [0.5, 0.6) is 0 Å². The number of carbonyl (C=O) groups is 1. The second-order valence-corrected chi connectivity index (χ2v) is 3.71. The molecule has 2 aromatic heterocycles. The molecule has 0 radical (unpaired) electrons. The second-order valence-electron chi connectivity index (χ2n) is 3.71. The molecule has 0 aromatic carbocycles. The molecule has 2 heterocycles. The van der Waals surface area contributed by atoms with Gasteiger partial charge in [-0.2, -0.15) is 10.2 Å². The number of hydrogen-bond acceptors (Lipinski definition) is 4. The maximum absolute atomic E-state index is 10.9. The molecular weight excluding hydrogens is 220 g/mol. The van der Waals surface area contributed by atoms with Crippen LogP contribution in [0.2, 0.25) is 0 Å². The van der Waals surface area contributed by atoms with Gasteiger partial charge in [0.15, 0.2) is 0 Å². The Balaban J connectivity index is 1.83. The molecule has 90 valence electrons. The maximum atomic E-state index is 10.9. The van der Waals surface area contributed by atoms with E-state index in [1.54, 1.807) is 21.6 Å². The zero-order chi connectivity index (χ0) is 12.3. The van der Waals surface area contributed by atoms with E-state index in [2.05, 4.69) is 10.2 Å². The number of carbonyl (C=O) groups excluding carboxylic acids is 1. The van der Waals surface area contributed by atoms with Gasteiger partial charge in [0.25, 0.3) is 5.91 Å². The number of aryl methyl sites for hydroxylation is 2. The lowest BCUT2D eigenvalue weighted by atomic mass is 10.3. The first kappa shape index (κ1) is 11.2. The van der Waals surface area contributed by atoms with E-state index in [-0.39, 0.29) is 0 Å². The predicted octanol–water partition coefficient (Wildman–Crippen LogP) is -0.149. The standard InChI is InChI=1S/C10H14N6O/c11-9-2-5-15(14-9)3-1-4-16-7-8(6-13-16)10(12)17/h2,5-7H,1,3-4H2,(H2,11,14)(H2,12,17). The third kappa shape index (κ3) is 2.83. The van der Waals surface area contributed by atoms with Crippen LogP contribution in [-0.2, 0) is 13.1 Å². The second kappa shape index (κ2) is 4.69. The number of nitrogen functional groups attached to an aromatic ring is 1. The number of anilines is 1. The average Bonchev–Trinajstić information content (AvgIpc) is 2.88. The summed E-state index contributed by atoms with van der Waals surface area (Å²) in [4.78, 5) is 10.9. The van der Waals surface area contributed by atoms with Gasteiger partial charge in [0.05, 0.1) is 11.8 Å². The number of amides is 1. The van der Waals surface area contributed by atoms with E-state index in [1.807, 2.05) is 6.20 Å². The van der Waals surface area contributed by atoms with Gasteiger partial charge in [-0.25, -0.2) is 0 Å². The van der Waals surface area contributed by atoms with E-state index < -0.39 is 5.91 Å². The number of aromatic nitrogens is 4. The zero-order valence-electron chi connectivity index (χ0n) is 9.28. The minimum Gasteiger partial charge on any atom is -0.382 e. The van der Waals surface area contributed by atoms with Crippen LogP contribution in [0.4, 0.5) is 5.82 Å². The smallest absolute Gasteiger partial charge is 0.251 e. The molecule has 0 aliphatic carbocycles. The summed E-state index contributed by atoms with van der Waals surface area (Å²) in [6.07, 6.45) is 5.78. The molecule has 2 aromatic rings. The fraction of sp³-hybridized carbons (Fsp3) is 0.300. The molecule has 0 fully saturated rings. The van der Waals surface area contributed by atoms with Gasteiger partial charge in [0, 0.05) is 25.5 Å². The van der Waals surface area contributed by atoms with E-state index >= 15 is 0 Å². The first-order valence-corrected chi connectivity index (χ1v) is 5.26. The highest BCUT2D eigenvalue weighted by Gasteiger charge is 2.03. The van der Waals surface area contributed by atoms with Crippen molar-refractivity contribution in [2.45, 2.75) is 19.5 Å². The Labute approximate surface area is 98.0 Å². The zero-order valence-corrected chi connectivity index (χ0v) is 9.28. The van der Waals surface area contributed by atoms with Gasteiger partial charge in [-0.05, 0) is 12.5 Å². The Morgan fingerprint density at radius 2 is 2.12 bits per heavy atom. The monoisotopic (exact) mass is 234 g/mol. The molecule has 17 heavy (non-hydrogen) atoms. The SMILES string of the molecule is NC(=O)c1cnn(CCCn2ccc(N)n2)c1. The predicted molar refractivity (Wildman–Crippen MR) is 62.0 cm³/mol. The average molecular weight is 234 g/mol.